The van der Waals surface area contributed by atoms with Crippen LogP contribution in [-0.4, -0.2) is 32.5 Å². The van der Waals surface area contributed by atoms with E-state index in [9.17, 15) is 9.59 Å². The highest BCUT2D eigenvalue weighted by molar-refractivity contribution is 6.15. The summed E-state index contributed by atoms with van der Waals surface area (Å²) in [7, 11) is 3.27. The lowest BCUT2D eigenvalue weighted by atomic mass is 10.1. The van der Waals surface area contributed by atoms with Crippen LogP contribution in [0.25, 0.3) is 0 Å². The molecule has 0 bridgehead atoms. The van der Waals surface area contributed by atoms with Gasteiger partial charge < -0.3 is 9.64 Å². The minimum Gasteiger partial charge on any atom is -0.497 e. The number of anilines is 2. The highest BCUT2D eigenvalue weighted by atomic mass is 16.5. The smallest absolute Gasteiger partial charge is 0.258 e. The molecule has 0 N–H and O–H groups in total. The third-order valence-corrected chi connectivity index (χ3v) is 3.76. The van der Waals surface area contributed by atoms with Crippen LogP contribution in [0.2, 0.25) is 0 Å². The summed E-state index contributed by atoms with van der Waals surface area (Å²) in [6.45, 7) is 0.0313. The summed E-state index contributed by atoms with van der Waals surface area (Å²) < 4.78 is 5.15. The lowest BCUT2D eigenvalue weighted by Gasteiger charge is -2.34. The van der Waals surface area contributed by atoms with Crippen LogP contribution < -0.4 is 14.5 Å². The van der Waals surface area contributed by atoms with Crippen molar-refractivity contribution in [1.29, 1.82) is 0 Å². The van der Waals surface area contributed by atoms with Gasteiger partial charge in [0.15, 0.2) is 0 Å². The highest BCUT2D eigenvalue weighted by Gasteiger charge is 2.30. The molecule has 0 unspecified atom stereocenters. The number of benzene rings is 2. The number of ether oxygens (including phenoxy) is 1. The minimum absolute atomic E-state index is 0.0313. The quantitative estimate of drug-likeness (QED) is 0.854. The summed E-state index contributed by atoms with van der Waals surface area (Å²) in [6, 6.07) is 14.3. The monoisotopic (exact) mass is 296 g/mol. The second-order valence-corrected chi connectivity index (χ2v) is 5.06. The summed E-state index contributed by atoms with van der Waals surface area (Å²) >= 11 is 0. The van der Waals surface area contributed by atoms with E-state index < -0.39 is 0 Å². The van der Waals surface area contributed by atoms with Gasteiger partial charge in [0.1, 0.15) is 12.3 Å². The Hall–Kier alpha value is -2.82. The second-order valence-electron chi connectivity index (χ2n) is 5.06. The van der Waals surface area contributed by atoms with Crippen molar-refractivity contribution in [2.24, 2.45) is 0 Å². The van der Waals surface area contributed by atoms with Crippen molar-refractivity contribution < 1.29 is 14.3 Å². The third kappa shape index (κ3) is 2.30. The Kier molecular flexibility index (Phi) is 3.55. The first-order valence-electron chi connectivity index (χ1n) is 6.93. The number of fused-ring (bicyclic) bond motifs is 1. The number of carbonyl (C=O) groups excluding carboxylic acids is 2. The lowest BCUT2D eigenvalue weighted by Crippen LogP contribution is -2.46. The molecule has 0 aromatic heterocycles. The molecule has 0 saturated heterocycles. The molecule has 1 aliphatic heterocycles. The molecule has 1 heterocycles. The normalized spacial score (nSPS) is 13.8. The van der Waals surface area contributed by atoms with Crippen molar-refractivity contribution in [3.8, 4) is 5.75 Å². The van der Waals surface area contributed by atoms with Gasteiger partial charge in [0, 0.05) is 12.6 Å². The van der Waals surface area contributed by atoms with Crippen molar-refractivity contribution >= 4 is 23.2 Å². The standard InChI is InChI=1S/C17H16N2O3/c1-18-14-8-3-4-9-15(14)19(11-16(18)20)17(21)12-6-5-7-13(10-12)22-2/h3-10H,11H2,1-2H3. The number of carbonyl (C=O) groups is 2. The Balaban J connectivity index is 2.02. The van der Waals surface area contributed by atoms with Crippen molar-refractivity contribution in [3.63, 3.8) is 0 Å². The lowest BCUT2D eigenvalue weighted by molar-refractivity contribution is -0.117. The average Bonchev–Trinajstić information content (AvgIpc) is 2.57. The minimum atomic E-state index is -0.215. The molecular formula is C17H16N2O3. The zero-order valence-corrected chi connectivity index (χ0v) is 12.4. The van der Waals surface area contributed by atoms with Gasteiger partial charge in [0.2, 0.25) is 5.91 Å². The Morgan fingerprint density at radius 3 is 2.55 bits per heavy atom. The molecular weight excluding hydrogens is 280 g/mol. The fraction of sp³-hybridized carbons (Fsp3) is 0.176. The summed E-state index contributed by atoms with van der Waals surface area (Å²) in [5.41, 5.74) is 1.96. The molecule has 0 aliphatic carbocycles. The van der Waals surface area contributed by atoms with Crippen LogP contribution in [0, 0.1) is 0 Å². The Morgan fingerprint density at radius 1 is 1.09 bits per heavy atom. The number of hydrogen-bond acceptors (Lipinski definition) is 3. The van der Waals surface area contributed by atoms with Gasteiger partial charge in [-0.1, -0.05) is 18.2 Å². The van der Waals surface area contributed by atoms with E-state index in [2.05, 4.69) is 0 Å². The molecule has 5 nitrogen and oxygen atoms in total. The molecule has 22 heavy (non-hydrogen) atoms. The molecule has 0 saturated carbocycles. The largest absolute Gasteiger partial charge is 0.497 e. The molecule has 0 atom stereocenters. The van der Waals surface area contributed by atoms with Crippen molar-refractivity contribution in [1.82, 2.24) is 0 Å². The van der Waals surface area contributed by atoms with Gasteiger partial charge in [-0.3, -0.25) is 14.5 Å². The molecule has 3 rings (SSSR count). The number of likely N-dealkylation sites (N-methyl/N-ethyl adjacent to an activating group) is 1. The molecule has 0 spiro atoms. The maximum atomic E-state index is 12.8. The molecule has 112 valence electrons. The number of amides is 2. The van der Waals surface area contributed by atoms with Gasteiger partial charge in [-0.2, -0.15) is 0 Å². The Morgan fingerprint density at radius 2 is 1.82 bits per heavy atom. The zero-order valence-electron chi connectivity index (χ0n) is 12.4. The van der Waals surface area contributed by atoms with E-state index in [1.165, 1.54) is 4.90 Å². The number of methoxy groups -OCH3 is 1. The van der Waals surface area contributed by atoms with Crippen molar-refractivity contribution in [3.05, 3.63) is 54.1 Å². The summed E-state index contributed by atoms with van der Waals surface area (Å²) in [5, 5.41) is 0. The van der Waals surface area contributed by atoms with Gasteiger partial charge in [-0.15, -0.1) is 0 Å². The summed E-state index contributed by atoms with van der Waals surface area (Å²) in [4.78, 5) is 28.0. The third-order valence-electron chi connectivity index (χ3n) is 3.76. The van der Waals surface area contributed by atoms with Gasteiger partial charge >= 0.3 is 0 Å². The van der Waals surface area contributed by atoms with Gasteiger partial charge in [0.05, 0.1) is 18.5 Å². The second kappa shape index (κ2) is 5.52. The first kappa shape index (κ1) is 14.1. The molecule has 0 radical (unpaired) electrons. The number of nitrogens with zero attached hydrogens (tertiary/aromatic N) is 2. The fourth-order valence-corrected chi connectivity index (χ4v) is 2.53. The Labute approximate surface area is 128 Å². The zero-order chi connectivity index (χ0) is 15.7. The predicted octanol–water partition coefficient (Wildman–Crippen LogP) is 2.32. The molecule has 2 aromatic carbocycles. The first-order valence-corrected chi connectivity index (χ1v) is 6.93. The number of hydrogen-bond donors (Lipinski definition) is 0. The predicted molar refractivity (Wildman–Crippen MR) is 84.5 cm³/mol. The molecule has 5 heteroatoms. The van der Waals surface area contributed by atoms with E-state index in [4.69, 9.17) is 4.74 Å². The van der Waals surface area contributed by atoms with E-state index in [0.29, 0.717) is 11.3 Å². The van der Waals surface area contributed by atoms with Crippen LogP contribution in [0.3, 0.4) is 0 Å². The van der Waals surface area contributed by atoms with Crippen LogP contribution in [0.15, 0.2) is 48.5 Å². The van der Waals surface area contributed by atoms with E-state index in [0.717, 1.165) is 11.4 Å². The number of para-hydroxylation sites is 2. The van der Waals surface area contributed by atoms with Gasteiger partial charge in [-0.25, -0.2) is 0 Å². The van der Waals surface area contributed by atoms with Crippen molar-refractivity contribution in [2.45, 2.75) is 0 Å². The van der Waals surface area contributed by atoms with Crippen LogP contribution in [0.4, 0.5) is 11.4 Å². The van der Waals surface area contributed by atoms with E-state index in [-0.39, 0.29) is 18.4 Å². The molecule has 1 aliphatic rings. The first-order chi connectivity index (χ1) is 10.6. The van der Waals surface area contributed by atoms with Gasteiger partial charge in [-0.05, 0) is 30.3 Å². The van der Waals surface area contributed by atoms with Crippen molar-refractivity contribution in [2.75, 3.05) is 30.5 Å². The molecule has 0 fully saturated rings. The fourth-order valence-electron chi connectivity index (χ4n) is 2.53. The summed E-state index contributed by atoms with van der Waals surface area (Å²) in [6.07, 6.45) is 0. The maximum absolute atomic E-state index is 12.8. The highest BCUT2D eigenvalue weighted by Crippen LogP contribution is 2.33. The van der Waals surface area contributed by atoms with Crippen LogP contribution in [0.1, 0.15) is 10.4 Å². The van der Waals surface area contributed by atoms with E-state index in [1.54, 1.807) is 43.3 Å². The number of rotatable bonds is 2. The van der Waals surface area contributed by atoms with Crippen LogP contribution in [0.5, 0.6) is 5.75 Å². The Bertz CT molecular complexity index is 742. The van der Waals surface area contributed by atoms with Crippen LogP contribution in [-0.2, 0) is 4.79 Å². The maximum Gasteiger partial charge on any atom is 0.258 e. The van der Waals surface area contributed by atoms with E-state index >= 15 is 0 Å². The topological polar surface area (TPSA) is 49.9 Å². The van der Waals surface area contributed by atoms with E-state index in [1.807, 2.05) is 24.3 Å². The average molecular weight is 296 g/mol. The molecule has 2 aromatic rings. The van der Waals surface area contributed by atoms with Gasteiger partial charge in [0.25, 0.3) is 5.91 Å². The molecule has 2 amide bonds. The SMILES string of the molecule is COc1cccc(C(=O)N2CC(=O)N(C)c3ccccc32)c1. The summed E-state index contributed by atoms with van der Waals surface area (Å²) in [5.74, 6) is 0.280. The van der Waals surface area contributed by atoms with Crippen LogP contribution >= 0.6 is 0 Å².